The number of benzene rings is 2. The molecule has 0 saturated heterocycles. The molecule has 2 heterocycles. The second-order valence-corrected chi connectivity index (χ2v) is 9.35. The van der Waals surface area contributed by atoms with Crippen LogP contribution in [0.5, 0.6) is 5.75 Å². The van der Waals surface area contributed by atoms with Gasteiger partial charge in [0, 0.05) is 49.7 Å². The number of nitrogens with zero attached hydrogens (tertiary/aromatic N) is 5. The summed E-state index contributed by atoms with van der Waals surface area (Å²) < 4.78 is 9.55. The number of hydrogen-bond donors (Lipinski definition) is 1. The maximum atomic E-state index is 13.3. The molecule has 4 aromatic rings. The number of carbonyl (C=O) groups excluding carboxylic acids is 1. The first-order chi connectivity index (χ1) is 17.2. The molecule has 1 atom stereocenters. The second kappa shape index (κ2) is 10.8. The minimum Gasteiger partial charge on any atom is -0.492 e. The van der Waals surface area contributed by atoms with Gasteiger partial charge < -0.3 is 15.0 Å². The van der Waals surface area contributed by atoms with Gasteiger partial charge in [0.1, 0.15) is 12.4 Å². The third-order valence-electron chi connectivity index (χ3n) is 6.30. The Hall–Kier alpha value is -3.91. The first-order valence-corrected chi connectivity index (χ1v) is 12.0. The first kappa shape index (κ1) is 25.2. The van der Waals surface area contributed by atoms with Crippen LogP contribution in [0.1, 0.15) is 34.5 Å². The minimum atomic E-state index is -0.227. The molecule has 188 valence electrons. The first-order valence-electron chi connectivity index (χ1n) is 12.0. The van der Waals surface area contributed by atoms with Crippen LogP contribution in [0.15, 0.2) is 60.9 Å². The van der Waals surface area contributed by atoms with Gasteiger partial charge in [0.15, 0.2) is 0 Å². The van der Waals surface area contributed by atoms with Crippen LogP contribution < -0.4 is 10.1 Å². The van der Waals surface area contributed by atoms with Gasteiger partial charge in [-0.3, -0.25) is 14.2 Å². The molecule has 0 fully saturated rings. The molecule has 0 aliphatic heterocycles. The summed E-state index contributed by atoms with van der Waals surface area (Å²) in [5.74, 6) is 0.558. The fourth-order valence-corrected chi connectivity index (χ4v) is 4.15. The number of ether oxygens (including phenoxy) is 1. The van der Waals surface area contributed by atoms with E-state index in [-0.39, 0.29) is 11.9 Å². The van der Waals surface area contributed by atoms with Gasteiger partial charge in [-0.15, -0.1) is 0 Å². The fraction of sp³-hybridized carbons (Fsp3) is 0.321. The van der Waals surface area contributed by atoms with Crippen LogP contribution >= 0.6 is 0 Å². The lowest BCUT2D eigenvalue weighted by Gasteiger charge is -2.19. The predicted octanol–water partition coefficient (Wildman–Crippen LogP) is 4.23. The maximum Gasteiger partial charge on any atom is 0.252 e. The van der Waals surface area contributed by atoms with Crippen molar-refractivity contribution in [1.29, 1.82) is 0 Å². The van der Waals surface area contributed by atoms with Crippen LogP contribution in [-0.4, -0.2) is 57.6 Å². The third-order valence-corrected chi connectivity index (χ3v) is 6.30. The standard InChI is InChI=1S/C28H34N6O2/c1-19-7-8-24(36-14-13-32(3)4)18-25(19)28(35)31-20(2)21-15-22(26-9-11-29-33(26)5)17-23(16-21)27-10-12-30-34(27)6/h7-12,15-18,20H,13-14H2,1-6H3,(H,31,35)/t20-/m1/s1. The third kappa shape index (κ3) is 5.66. The van der Waals surface area contributed by atoms with Crippen molar-refractivity contribution in [3.05, 3.63) is 77.6 Å². The number of aromatic nitrogens is 4. The molecule has 0 aliphatic carbocycles. The minimum absolute atomic E-state index is 0.133. The molecule has 4 rings (SSSR count). The van der Waals surface area contributed by atoms with E-state index in [0.29, 0.717) is 17.9 Å². The van der Waals surface area contributed by atoms with Crippen LogP contribution in [-0.2, 0) is 14.1 Å². The van der Waals surface area contributed by atoms with E-state index >= 15 is 0 Å². The molecule has 8 heteroatoms. The number of amides is 1. The lowest BCUT2D eigenvalue weighted by atomic mass is 9.97. The lowest BCUT2D eigenvalue weighted by Crippen LogP contribution is -2.27. The van der Waals surface area contributed by atoms with Crippen molar-refractivity contribution in [1.82, 2.24) is 29.8 Å². The number of carbonyl (C=O) groups is 1. The molecule has 2 aromatic heterocycles. The molecule has 2 aromatic carbocycles. The summed E-state index contributed by atoms with van der Waals surface area (Å²) in [4.78, 5) is 15.4. The van der Waals surface area contributed by atoms with E-state index in [2.05, 4.69) is 38.6 Å². The van der Waals surface area contributed by atoms with Crippen molar-refractivity contribution in [2.24, 2.45) is 14.1 Å². The van der Waals surface area contributed by atoms with Gasteiger partial charge >= 0.3 is 0 Å². The highest BCUT2D eigenvalue weighted by molar-refractivity contribution is 5.96. The monoisotopic (exact) mass is 486 g/mol. The Morgan fingerprint density at radius 1 is 0.972 bits per heavy atom. The van der Waals surface area contributed by atoms with Crippen LogP contribution in [0.4, 0.5) is 0 Å². The Balaban J connectivity index is 1.61. The summed E-state index contributed by atoms with van der Waals surface area (Å²) in [5.41, 5.74) is 6.55. The molecule has 1 N–H and O–H groups in total. The highest BCUT2D eigenvalue weighted by Gasteiger charge is 2.18. The molecule has 0 spiro atoms. The summed E-state index contributed by atoms with van der Waals surface area (Å²) in [7, 11) is 7.85. The molecule has 0 radical (unpaired) electrons. The number of rotatable bonds is 9. The highest BCUT2D eigenvalue weighted by atomic mass is 16.5. The summed E-state index contributed by atoms with van der Waals surface area (Å²) in [5, 5.41) is 11.8. The quantitative estimate of drug-likeness (QED) is 0.383. The predicted molar refractivity (Wildman–Crippen MR) is 142 cm³/mol. The smallest absolute Gasteiger partial charge is 0.252 e. The average Bonchev–Trinajstić information content (AvgIpc) is 3.47. The van der Waals surface area contributed by atoms with E-state index < -0.39 is 0 Å². The van der Waals surface area contributed by atoms with Gasteiger partial charge in [-0.1, -0.05) is 6.07 Å². The van der Waals surface area contributed by atoms with Crippen molar-refractivity contribution in [3.63, 3.8) is 0 Å². The molecule has 36 heavy (non-hydrogen) atoms. The molecule has 0 aliphatic rings. The Kier molecular flexibility index (Phi) is 7.55. The molecular weight excluding hydrogens is 452 g/mol. The van der Waals surface area contributed by atoms with Gasteiger partial charge in [0.2, 0.25) is 0 Å². The van der Waals surface area contributed by atoms with Crippen LogP contribution in [0, 0.1) is 6.92 Å². The number of aryl methyl sites for hydroxylation is 3. The van der Waals surface area contributed by atoms with Crippen molar-refractivity contribution >= 4 is 5.91 Å². The molecular formula is C28H34N6O2. The fourth-order valence-electron chi connectivity index (χ4n) is 4.15. The zero-order valence-electron chi connectivity index (χ0n) is 21.8. The summed E-state index contributed by atoms with van der Waals surface area (Å²) >= 11 is 0. The van der Waals surface area contributed by atoms with Gasteiger partial charge in [0.25, 0.3) is 5.91 Å². The van der Waals surface area contributed by atoms with Crippen molar-refractivity contribution in [2.45, 2.75) is 19.9 Å². The second-order valence-electron chi connectivity index (χ2n) is 9.35. The van der Waals surface area contributed by atoms with E-state index in [0.717, 1.165) is 40.2 Å². The largest absolute Gasteiger partial charge is 0.492 e. The van der Waals surface area contributed by atoms with Gasteiger partial charge in [-0.2, -0.15) is 10.2 Å². The summed E-state index contributed by atoms with van der Waals surface area (Å²) in [6.07, 6.45) is 3.57. The van der Waals surface area contributed by atoms with E-state index in [1.807, 2.05) is 81.7 Å². The van der Waals surface area contributed by atoms with Gasteiger partial charge in [-0.25, -0.2) is 0 Å². The van der Waals surface area contributed by atoms with E-state index in [9.17, 15) is 4.79 Å². The highest BCUT2D eigenvalue weighted by Crippen LogP contribution is 2.30. The van der Waals surface area contributed by atoms with Crippen LogP contribution in [0.25, 0.3) is 22.5 Å². The SMILES string of the molecule is Cc1ccc(OCCN(C)C)cc1C(=O)N[C@H](C)c1cc(-c2ccnn2C)cc(-c2ccnn2C)c1. The van der Waals surface area contributed by atoms with Crippen molar-refractivity contribution < 1.29 is 9.53 Å². The average molecular weight is 487 g/mol. The van der Waals surface area contributed by atoms with Crippen molar-refractivity contribution in [3.8, 4) is 28.3 Å². The van der Waals surface area contributed by atoms with Crippen LogP contribution in [0.2, 0.25) is 0 Å². The summed E-state index contributed by atoms with van der Waals surface area (Å²) in [6.45, 7) is 5.30. The number of likely N-dealkylation sites (N-methyl/N-ethyl adjacent to an activating group) is 1. The Bertz CT molecular complexity index is 1300. The zero-order valence-corrected chi connectivity index (χ0v) is 21.8. The maximum absolute atomic E-state index is 13.3. The Morgan fingerprint density at radius 2 is 1.58 bits per heavy atom. The topological polar surface area (TPSA) is 77.2 Å². The zero-order chi connectivity index (χ0) is 25.8. The van der Waals surface area contributed by atoms with Gasteiger partial charge in [0.05, 0.1) is 17.4 Å². The molecule has 8 nitrogen and oxygen atoms in total. The molecule has 0 saturated carbocycles. The van der Waals surface area contributed by atoms with Gasteiger partial charge in [-0.05, 0) is 81.5 Å². The molecule has 0 unspecified atom stereocenters. The Labute approximate surface area is 212 Å². The van der Waals surface area contributed by atoms with Crippen molar-refractivity contribution in [2.75, 3.05) is 27.2 Å². The Morgan fingerprint density at radius 3 is 2.11 bits per heavy atom. The number of nitrogens with one attached hydrogen (secondary N) is 1. The summed E-state index contributed by atoms with van der Waals surface area (Å²) in [6, 6.07) is 15.7. The lowest BCUT2D eigenvalue weighted by molar-refractivity contribution is 0.0938. The normalized spacial score (nSPS) is 12.1. The van der Waals surface area contributed by atoms with E-state index in [1.54, 1.807) is 12.4 Å². The molecule has 0 bridgehead atoms. The van der Waals surface area contributed by atoms with Crippen LogP contribution in [0.3, 0.4) is 0 Å². The van der Waals surface area contributed by atoms with E-state index in [4.69, 9.17) is 4.74 Å². The number of hydrogen-bond acceptors (Lipinski definition) is 5. The van der Waals surface area contributed by atoms with E-state index in [1.165, 1.54) is 0 Å². The molecule has 1 amide bonds.